The zero-order valence-corrected chi connectivity index (χ0v) is 16.0. The van der Waals surface area contributed by atoms with Crippen LogP contribution in [0.3, 0.4) is 0 Å². The van der Waals surface area contributed by atoms with Crippen LogP contribution in [0.1, 0.15) is 38.3 Å². The van der Waals surface area contributed by atoms with Crippen molar-refractivity contribution >= 4 is 23.4 Å². The summed E-state index contributed by atoms with van der Waals surface area (Å²) in [5.74, 6) is 0.215. The zero-order valence-electron chi connectivity index (χ0n) is 16.0. The fourth-order valence-corrected chi connectivity index (χ4v) is 3.90. The third-order valence-corrected chi connectivity index (χ3v) is 5.58. The Kier molecular flexibility index (Phi) is 4.78. The monoisotopic (exact) mass is 357 g/mol. The minimum Gasteiger partial charge on any atom is -0.341 e. The Morgan fingerprint density at radius 3 is 2.42 bits per heavy atom. The number of carbonyl (C=O) groups excluding carboxylic acids is 3. The molecule has 26 heavy (non-hydrogen) atoms. The Morgan fingerprint density at radius 2 is 1.73 bits per heavy atom. The van der Waals surface area contributed by atoms with Crippen molar-refractivity contribution in [2.75, 3.05) is 38.1 Å². The number of carbonyl (C=O) groups is 3. The van der Waals surface area contributed by atoms with Gasteiger partial charge in [-0.15, -0.1) is 0 Å². The standard InChI is InChI=1S/C20H27N3O3/c1-14(24)22-8-5-9-23(11-10-22)18(25)13-15-6-7-17-16(12-15)20(2,3)19(26)21(17)4/h6-7,12H,5,8-11,13H2,1-4H3. The Morgan fingerprint density at radius 1 is 1.08 bits per heavy atom. The van der Waals surface area contributed by atoms with E-state index in [0.29, 0.717) is 32.6 Å². The van der Waals surface area contributed by atoms with Gasteiger partial charge >= 0.3 is 0 Å². The lowest BCUT2D eigenvalue weighted by Gasteiger charge is -2.22. The van der Waals surface area contributed by atoms with Crippen molar-refractivity contribution in [3.05, 3.63) is 29.3 Å². The lowest BCUT2D eigenvalue weighted by Crippen LogP contribution is -2.37. The topological polar surface area (TPSA) is 60.9 Å². The van der Waals surface area contributed by atoms with E-state index in [1.54, 1.807) is 23.8 Å². The van der Waals surface area contributed by atoms with Crippen molar-refractivity contribution < 1.29 is 14.4 Å². The summed E-state index contributed by atoms with van der Waals surface area (Å²) in [6, 6.07) is 5.86. The quantitative estimate of drug-likeness (QED) is 0.807. The molecule has 0 aliphatic carbocycles. The van der Waals surface area contributed by atoms with Crippen LogP contribution in [0.2, 0.25) is 0 Å². The van der Waals surface area contributed by atoms with Gasteiger partial charge in [-0.3, -0.25) is 14.4 Å². The molecule has 0 atom stereocenters. The Hall–Kier alpha value is -2.37. The van der Waals surface area contributed by atoms with Crippen LogP contribution >= 0.6 is 0 Å². The van der Waals surface area contributed by atoms with E-state index >= 15 is 0 Å². The first-order valence-corrected chi connectivity index (χ1v) is 9.16. The maximum atomic E-state index is 12.7. The van der Waals surface area contributed by atoms with Crippen molar-refractivity contribution in [2.24, 2.45) is 0 Å². The summed E-state index contributed by atoms with van der Waals surface area (Å²) < 4.78 is 0. The molecular weight excluding hydrogens is 330 g/mol. The molecule has 2 heterocycles. The van der Waals surface area contributed by atoms with Crippen molar-refractivity contribution in [1.29, 1.82) is 0 Å². The maximum absolute atomic E-state index is 12.7. The van der Waals surface area contributed by atoms with Gasteiger partial charge in [0.15, 0.2) is 0 Å². The molecule has 0 radical (unpaired) electrons. The van der Waals surface area contributed by atoms with Crippen LogP contribution in [-0.2, 0) is 26.2 Å². The van der Waals surface area contributed by atoms with Gasteiger partial charge in [0.1, 0.15) is 0 Å². The molecule has 1 saturated heterocycles. The first-order chi connectivity index (χ1) is 12.2. The Bertz CT molecular complexity index is 757. The predicted molar refractivity (Wildman–Crippen MR) is 100 cm³/mol. The SMILES string of the molecule is CC(=O)N1CCCN(C(=O)Cc2ccc3c(c2)C(C)(C)C(=O)N3C)CC1. The fourth-order valence-electron chi connectivity index (χ4n) is 3.90. The van der Waals surface area contributed by atoms with Crippen LogP contribution in [0, 0.1) is 0 Å². The van der Waals surface area contributed by atoms with E-state index in [4.69, 9.17) is 0 Å². The van der Waals surface area contributed by atoms with Crippen LogP contribution in [-0.4, -0.2) is 60.7 Å². The summed E-state index contributed by atoms with van der Waals surface area (Å²) in [5, 5.41) is 0. The Balaban J connectivity index is 1.72. The van der Waals surface area contributed by atoms with E-state index < -0.39 is 5.41 Å². The molecule has 1 aromatic carbocycles. The molecule has 3 rings (SSSR count). The first kappa shape index (κ1) is 18.4. The van der Waals surface area contributed by atoms with Gasteiger partial charge in [0, 0.05) is 45.8 Å². The molecule has 1 fully saturated rings. The van der Waals surface area contributed by atoms with E-state index in [2.05, 4.69) is 0 Å². The fraction of sp³-hybridized carbons (Fsp3) is 0.550. The summed E-state index contributed by atoms with van der Waals surface area (Å²) in [6.07, 6.45) is 1.13. The molecule has 6 nitrogen and oxygen atoms in total. The lowest BCUT2D eigenvalue weighted by molar-refractivity contribution is -0.132. The number of benzene rings is 1. The average molecular weight is 357 g/mol. The number of amides is 3. The van der Waals surface area contributed by atoms with Crippen LogP contribution in [0.5, 0.6) is 0 Å². The van der Waals surface area contributed by atoms with Crippen LogP contribution in [0.15, 0.2) is 18.2 Å². The highest BCUT2D eigenvalue weighted by Crippen LogP contribution is 2.41. The van der Waals surface area contributed by atoms with Gasteiger partial charge in [-0.05, 0) is 37.5 Å². The molecule has 0 N–H and O–H groups in total. The molecule has 0 unspecified atom stereocenters. The van der Waals surface area contributed by atoms with Gasteiger partial charge in [-0.25, -0.2) is 0 Å². The van der Waals surface area contributed by atoms with Crippen molar-refractivity contribution in [3.63, 3.8) is 0 Å². The van der Waals surface area contributed by atoms with E-state index in [9.17, 15) is 14.4 Å². The van der Waals surface area contributed by atoms with Crippen LogP contribution in [0.4, 0.5) is 5.69 Å². The summed E-state index contributed by atoms with van der Waals surface area (Å²) >= 11 is 0. The van der Waals surface area contributed by atoms with Gasteiger partial charge in [0.05, 0.1) is 11.8 Å². The summed E-state index contributed by atoms with van der Waals surface area (Å²) in [6.45, 7) is 7.99. The third-order valence-electron chi connectivity index (χ3n) is 5.58. The summed E-state index contributed by atoms with van der Waals surface area (Å²) in [7, 11) is 1.79. The zero-order chi connectivity index (χ0) is 19.1. The third kappa shape index (κ3) is 3.20. The molecule has 140 valence electrons. The number of hydrogen-bond acceptors (Lipinski definition) is 3. The van der Waals surface area contributed by atoms with Crippen molar-refractivity contribution in [3.8, 4) is 0 Å². The molecular formula is C20H27N3O3. The number of rotatable bonds is 2. The predicted octanol–water partition coefficient (Wildman–Crippen LogP) is 1.56. The van der Waals surface area contributed by atoms with Crippen molar-refractivity contribution in [2.45, 2.75) is 39.0 Å². The van der Waals surface area contributed by atoms with E-state index in [0.717, 1.165) is 23.2 Å². The summed E-state index contributed by atoms with van der Waals surface area (Å²) in [4.78, 5) is 42.0. The number of nitrogens with zero attached hydrogens (tertiary/aromatic N) is 3. The van der Waals surface area contributed by atoms with E-state index in [1.165, 1.54) is 0 Å². The minimum absolute atomic E-state index is 0.0638. The lowest BCUT2D eigenvalue weighted by atomic mass is 9.85. The molecule has 0 bridgehead atoms. The minimum atomic E-state index is -0.562. The Labute approximate surface area is 154 Å². The molecule has 1 aromatic rings. The highest BCUT2D eigenvalue weighted by Gasteiger charge is 2.42. The normalized spacial score (nSPS) is 19.4. The second-order valence-corrected chi connectivity index (χ2v) is 7.76. The molecule has 6 heteroatoms. The van der Waals surface area contributed by atoms with Gasteiger partial charge < -0.3 is 14.7 Å². The molecule has 2 aliphatic heterocycles. The summed E-state index contributed by atoms with van der Waals surface area (Å²) in [5.41, 5.74) is 2.27. The highest BCUT2D eigenvalue weighted by atomic mass is 16.2. The largest absolute Gasteiger partial charge is 0.341 e. The second kappa shape index (κ2) is 6.74. The first-order valence-electron chi connectivity index (χ1n) is 9.16. The number of fused-ring (bicyclic) bond motifs is 1. The smallest absolute Gasteiger partial charge is 0.236 e. The van der Waals surface area contributed by atoms with Gasteiger partial charge in [-0.1, -0.05) is 12.1 Å². The van der Waals surface area contributed by atoms with Gasteiger partial charge in [-0.2, -0.15) is 0 Å². The number of hydrogen-bond donors (Lipinski definition) is 0. The number of likely N-dealkylation sites (N-methyl/N-ethyl adjacent to an activating group) is 1. The highest BCUT2D eigenvalue weighted by molar-refractivity contribution is 6.07. The molecule has 0 aromatic heterocycles. The van der Waals surface area contributed by atoms with Crippen molar-refractivity contribution in [1.82, 2.24) is 9.80 Å². The van der Waals surface area contributed by atoms with Gasteiger partial charge in [0.2, 0.25) is 17.7 Å². The van der Waals surface area contributed by atoms with Crippen LogP contribution < -0.4 is 4.90 Å². The van der Waals surface area contributed by atoms with E-state index in [-0.39, 0.29) is 17.7 Å². The number of anilines is 1. The maximum Gasteiger partial charge on any atom is 0.236 e. The second-order valence-electron chi connectivity index (χ2n) is 7.76. The molecule has 2 aliphatic rings. The molecule has 0 spiro atoms. The van der Waals surface area contributed by atoms with Crippen LogP contribution in [0.25, 0.3) is 0 Å². The molecule has 0 saturated carbocycles. The molecule has 3 amide bonds. The van der Waals surface area contributed by atoms with Gasteiger partial charge in [0.25, 0.3) is 0 Å². The average Bonchev–Trinajstić information content (AvgIpc) is 2.81. The van der Waals surface area contributed by atoms with E-state index in [1.807, 2.05) is 36.9 Å².